The summed E-state index contributed by atoms with van der Waals surface area (Å²) in [6.07, 6.45) is 3.73. The molecule has 2 rings (SSSR count). The van der Waals surface area contributed by atoms with E-state index >= 15 is 0 Å². The second-order valence-electron chi connectivity index (χ2n) is 4.01. The lowest BCUT2D eigenvalue weighted by molar-refractivity contribution is -0.118. The van der Waals surface area contributed by atoms with Crippen LogP contribution in [-0.2, 0) is 4.79 Å². The number of hydrogen-bond donors (Lipinski definition) is 1. The molecule has 2 heterocycles. The highest BCUT2D eigenvalue weighted by Gasteiger charge is 2.37. The average Bonchev–Trinajstić information content (AvgIpc) is 2.70. The molecule has 0 aliphatic carbocycles. The molecule has 0 spiro atoms. The van der Waals surface area contributed by atoms with Crippen molar-refractivity contribution in [3.05, 3.63) is 22.9 Å². The van der Waals surface area contributed by atoms with Crippen LogP contribution in [-0.4, -0.2) is 21.4 Å². The summed E-state index contributed by atoms with van der Waals surface area (Å²) in [6, 6.07) is 3.66. The van der Waals surface area contributed by atoms with Crippen LogP contribution in [0, 0.1) is 0 Å². The summed E-state index contributed by atoms with van der Waals surface area (Å²) in [5.41, 5.74) is 0.752. The number of anilines is 1. The fourth-order valence-electron chi connectivity index (χ4n) is 1.67. The number of halogens is 1. The van der Waals surface area contributed by atoms with Crippen LogP contribution in [0.5, 0.6) is 0 Å². The average molecular weight is 301 g/mol. The topological polar surface area (TPSA) is 42.0 Å². The third-order valence-electron chi connectivity index (χ3n) is 2.68. The normalized spacial score (nSPS) is 24.4. The third kappa shape index (κ3) is 2.58. The summed E-state index contributed by atoms with van der Waals surface area (Å²) in [7, 11) is 0. The number of thioether (sulfide) groups is 1. The Labute approximate surface area is 108 Å². The van der Waals surface area contributed by atoms with Gasteiger partial charge in [-0.15, -0.1) is 11.8 Å². The number of nitrogens with one attached hydrogen (secondary N) is 1. The summed E-state index contributed by atoms with van der Waals surface area (Å²) in [5.74, 6) is 1.15. The van der Waals surface area contributed by atoms with Crippen molar-refractivity contribution in [1.29, 1.82) is 0 Å². The molecule has 5 heteroatoms. The molecule has 1 aromatic heterocycles. The van der Waals surface area contributed by atoms with Gasteiger partial charge in [0.1, 0.15) is 4.60 Å². The fraction of sp³-hybridized carbons (Fsp3) is 0.455. The Morgan fingerprint density at radius 3 is 3.00 bits per heavy atom. The van der Waals surface area contributed by atoms with Crippen LogP contribution in [0.15, 0.2) is 22.9 Å². The van der Waals surface area contributed by atoms with E-state index < -0.39 is 0 Å². The Morgan fingerprint density at radius 1 is 1.62 bits per heavy atom. The first kappa shape index (κ1) is 11.9. The van der Waals surface area contributed by atoms with Crippen LogP contribution in [0.2, 0.25) is 0 Å². The smallest absolute Gasteiger partial charge is 0.240 e. The first-order valence-corrected chi connectivity index (χ1v) is 6.95. The van der Waals surface area contributed by atoms with Crippen LogP contribution in [0.1, 0.15) is 19.8 Å². The van der Waals surface area contributed by atoms with Crippen molar-refractivity contribution in [2.24, 2.45) is 0 Å². The molecule has 16 heavy (non-hydrogen) atoms. The van der Waals surface area contributed by atoms with Gasteiger partial charge in [-0.1, -0.05) is 0 Å². The van der Waals surface area contributed by atoms with Crippen molar-refractivity contribution in [3.8, 4) is 0 Å². The lowest BCUT2D eigenvalue weighted by Crippen LogP contribution is -2.34. The van der Waals surface area contributed by atoms with Crippen LogP contribution < -0.4 is 5.32 Å². The first-order chi connectivity index (χ1) is 7.60. The fourth-order valence-corrected chi connectivity index (χ4v) is 3.12. The van der Waals surface area contributed by atoms with E-state index in [2.05, 4.69) is 26.2 Å². The molecule has 0 bridgehead atoms. The molecular formula is C11H13BrN2OS. The predicted molar refractivity (Wildman–Crippen MR) is 70.7 cm³/mol. The van der Waals surface area contributed by atoms with Gasteiger partial charge in [0.05, 0.1) is 16.6 Å². The van der Waals surface area contributed by atoms with Gasteiger partial charge in [-0.25, -0.2) is 4.98 Å². The molecular weight excluding hydrogens is 288 g/mol. The quantitative estimate of drug-likeness (QED) is 0.854. The number of nitrogens with zero attached hydrogens (tertiary/aromatic N) is 1. The zero-order valence-electron chi connectivity index (χ0n) is 9.00. The molecule has 1 aliphatic rings. The summed E-state index contributed by atoms with van der Waals surface area (Å²) in [6.45, 7) is 2.01. The number of hydrogen-bond acceptors (Lipinski definition) is 3. The summed E-state index contributed by atoms with van der Waals surface area (Å²) in [5, 5.41) is 2.91. The minimum absolute atomic E-state index is 0.0825. The van der Waals surface area contributed by atoms with Crippen LogP contribution in [0.4, 0.5) is 5.69 Å². The number of pyridine rings is 1. The van der Waals surface area contributed by atoms with Gasteiger partial charge in [-0.05, 0) is 53.6 Å². The Morgan fingerprint density at radius 2 is 2.44 bits per heavy atom. The van der Waals surface area contributed by atoms with Gasteiger partial charge >= 0.3 is 0 Å². The van der Waals surface area contributed by atoms with E-state index in [1.165, 1.54) is 0 Å². The number of rotatable bonds is 2. The molecule has 1 atom stereocenters. The first-order valence-electron chi connectivity index (χ1n) is 5.17. The Hall–Kier alpha value is -0.550. The van der Waals surface area contributed by atoms with E-state index in [0.29, 0.717) is 0 Å². The molecule has 1 aromatic rings. The van der Waals surface area contributed by atoms with E-state index in [1.54, 1.807) is 18.0 Å². The van der Waals surface area contributed by atoms with Gasteiger partial charge in [0.2, 0.25) is 5.91 Å². The van der Waals surface area contributed by atoms with Crippen molar-refractivity contribution >= 4 is 39.3 Å². The van der Waals surface area contributed by atoms with Gasteiger partial charge in [0.15, 0.2) is 0 Å². The van der Waals surface area contributed by atoms with Crippen molar-refractivity contribution in [2.45, 2.75) is 24.5 Å². The maximum atomic E-state index is 12.0. The maximum absolute atomic E-state index is 12.0. The zero-order chi connectivity index (χ0) is 11.6. The minimum atomic E-state index is -0.271. The van der Waals surface area contributed by atoms with Crippen LogP contribution in [0.3, 0.4) is 0 Å². The van der Waals surface area contributed by atoms with Gasteiger partial charge in [-0.2, -0.15) is 0 Å². The van der Waals surface area contributed by atoms with Gasteiger partial charge in [-0.3, -0.25) is 4.79 Å². The van der Waals surface area contributed by atoms with E-state index in [0.717, 1.165) is 28.9 Å². The SMILES string of the molecule is CC1(C(=O)Nc2ccc(Br)nc2)CCCS1. The number of carbonyl (C=O) groups is 1. The Bertz CT molecular complexity index is 387. The zero-order valence-corrected chi connectivity index (χ0v) is 11.4. The molecule has 1 saturated heterocycles. The van der Waals surface area contributed by atoms with Gasteiger partial charge < -0.3 is 5.32 Å². The molecule has 0 saturated carbocycles. The minimum Gasteiger partial charge on any atom is -0.324 e. The molecule has 1 amide bonds. The highest BCUT2D eigenvalue weighted by molar-refractivity contribution is 9.10. The molecule has 86 valence electrons. The monoisotopic (exact) mass is 300 g/mol. The van der Waals surface area contributed by atoms with Crippen molar-refractivity contribution in [1.82, 2.24) is 4.98 Å². The van der Waals surface area contributed by atoms with E-state index in [4.69, 9.17) is 0 Å². The van der Waals surface area contributed by atoms with Crippen molar-refractivity contribution in [2.75, 3.05) is 11.1 Å². The second-order valence-corrected chi connectivity index (χ2v) is 6.42. The number of aromatic nitrogens is 1. The predicted octanol–water partition coefficient (Wildman–Crippen LogP) is 3.07. The van der Waals surface area contributed by atoms with E-state index in [-0.39, 0.29) is 10.7 Å². The van der Waals surface area contributed by atoms with E-state index in [1.807, 2.05) is 19.1 Å². The summed E-state index contributed by atoms with van der Waals surface area (Å²) >= 11 is 4.99. The summed E-state index contributed by atoms with van der Waals surface area (Å²) in [4.78, 5) is 16.1. The molecule has 1 aliphatic heterocycles. The van der Waals surface area contributed by atoms with Crippen LogP contribution >= 0.6 is 27.7 Å². The van der Waals surface area contributed by atoms with Gasteiger partial charge in [0.25, 0.3) is 0 Å². The van der Waals surface area contributed by atoms with Crippen molar-refractivity contribution < 1.29 is 4.79 Å². The van der Waals surface area contributed by atoms with E-state index in [9.17, 15) is 4.79 Å². The summed E-state index contributed by atoms with van der Waals surface area (Å²) < 4.78 is 0.500. The molecule has 0 radical (unpaired) electrons. The van der Waals surface area contributed by atoms with Crippen LogP contribution in [0.25, 0.3) is 0 Å². The standard InChI is InChI=1S/C11H13BrN2OS/c1-11(5-2-6-16-11)10(15)14-8-3-4-9(12)13-7-8/h3-4,7H,2,5-6H2,1H3,(H,14,15). The Balaban J connectivity index is 2.04. The number of carbonyl (C=O) groups excluding carboxylic acids is 1. The highest BCUT2D eigenvalue weighted by atomic mass is 79.9. The molecule has 1 fully saturated rings. The molecule has 3 nitrogen and oxygen atoms in total. The lowest BCUT2D eigenvalue weighted by atomic mass is 10.0. The molecule has 1 N–H and O–H groups in total. The second kappa shape index (κ2) is 4.75. The highest BCUT2D eigenvalue weighted by Crippen LogP contribution is 2.38. The van der Waals surface area contributed by atoms with Gasteiger partial charge in [0, 0.05) is 0 Å². The number of amides is 1. The lowest BCUT2D eigenvalue weighted by Gasteiger charge is -2.21. The largest absolute Gasteiger partial charge is 0.324 e. The Kier molecular flexibility index (Phi) is 3.54. The van der Waals surface area contributed by atoms with Crippen molar-refractivity contribution in [3.63, 3.8) is 0 Å². The third-order valence-corrected chi connectivity index (χ3v) is 4.67. The maximum Gasteiger partial charge on any atom is 0.240 e. The molecule has 0 aromatic carbocycles. The molecule has 1 unspecified atom stereocenters.